The fraction of sp³-hybridized carbons (Fsp3) is 1.00. The van der Waals surface area contributed by atoms with Crippen molar-refractivity contribution in [2.75, 3.05) is 13.4 Å². The fourth-order valence-corrected chi connectivity index (χ4v) is 0.693. The Bertz CT molecular complexity index is 76.1. The molecule has 0 bridgehead atoms. The van der Waals surface area contributed by atoms with E-state index in [0.29, 0.717) is 13.0 Å². The summed E-state index contributed by atoms with van der Waals surface area (Å²) in [6.45, 7) is 0.778. The van der Waals surface area contributed by atoms with Gasteiger partial charge in [0.1, 0.15) is 6.79 Å². The number of hydrogen-bond acceptors (Lipinski definition) is 2. The van der Waals surface area contributed by atoms with Crippen LogP contribution in [0.2, 0.25) is 0 Å². The maximum absolute atomic E-state index is 5.54. The predicted molar refractivity (Wildman–Crippen MR) is 31.0 cm³/mol. The van der Waals surface area contributed by atoms with Crippen LogP contribution in [0.5, 0.6) is 0 Å². The topological polar surface area (TPSA) is 18.5 Å². The Balaban J connectivity index is 2.33. The summed E-state index contributed by atoms with van der Waals surface area (Å²) in [6, 6.07) is 0. The van der Waals surface area contributed by atoms with E-state index in [2.05, 4.69) is 0 Å². The second-order valence-corrected chi connectivity index (χ2v) is 2.97. The van der Waals surface area contributed by atoms with Gasteiger partial charge >= 0.3 is 0 Å². The van der Waals surface area contributed by atoms with E-state index >= 15 is 0 Å². The van der Waals surface area contributed by atoms with Crippen molar-refractivity contribution in [2.45, 2.75) is 10.9 Å². The SMILES string of the molecule is ClC1(Cl)CCOCO1. The maximum atomic E-state index is 5.54. The standard InChI is InChI=1S/C4H6Cl2O2/c5-4(6)1-2-7-3-8-4/h1-3H2. The van der Waals surface area contributed by atoms with Crippen molar-refractivity contribution in [1.82, 2.24) is 0 Å². The zero-order valence-corrected chi connectivity index (χ0v) is 5.71. The first-order chi connectivity index (χ1) is 3.71. The Hall–Kier alpha value is 0.500. The van der Waals surface area contributed by atoms with E-state index in [-0.39, 0.29) is 6.79 Å². The number of ether oxygens (including phenoxy) is 2. The van der Waals surface area contributed by atoms with Gasteiger partial charge in [-0.3, -0.25) is 0 Å². The molecule has 1 fully saturated rings. The Morgan fingerprint density at radius 2 is 2.12 bits per heavy atom. The fourth-order valence-electron chi connectivity index (χ4n) is 0.450. The van der Waals surface area contributed by atoms with Gasteiger partial charge in [0.2, 0.25) is 4.52 Å². The molecule has 0 atom stereocenters. The van der Waals surface area contributed by atoms with Crippen molar-refractivity contribution in [1.29, 1.82) is 0 Å². The summed E-state index contributed by atoms with van der Waals surface area (Å²) in [5.41, 5.74) is 0. The molecule has 48 valence electrons. The van der Waals surface area contributed by atoms with E-state index in [1.165, 1.54) is 0 Å². The van der Waals surface area contributed by atoms with Gasteiger partial charge in [0.05, 0.1) is 6.61 Å². The molecule has 0 spiro atoms. The van der Waals surface area contributed by atoms with Crippen LogP contribution < -0.4 is 0 Å². The minimum atomic E-state index is -1.00. The molecule has 1 aliphatic rings. The van der Waals surface area contributed by atoms with Gasteiger partial charge < -0.3 is 9.47 Å². The monoisotopic (exact) mass is 156 g/mol. The van der Waals surface area contributed by atoms with Gasteiger partial charge in [-0.25, -0.2) is 0 Å². The first-order valence-electron chi connectivity index (χ1n) is 2.30. The lowest BCUT2D eigenvalue weighted by atomic mass is 10.5. The zero-order valence-electron chi connectivity index (χ0n) is 4.19. The summed E-state index contributed by atoms with van der Waals surface area (Å²) < 4.78 is 8.59. The highest BCUT2D eigenvalue weighted by Crippen LogP contribution is 2.29. The molecule has 0 unspecified atom stereocenters. The quantitative estimate of drug-likeness (QED) is 0.496. The van der Waals surface area contributed by atoms with Gasteiger partial charge in [-0.1, -0.05) is 23.2 Å². The number of hydrogen-bond donors (Lipinski definition) is 0. The molecule has 8 heavy (non-hydrogen) atoms. The normalized spacial score (nSPS) is 27.8. The summed E-state index contributed by atoms with van der Waals surface area (Å²) in [7, 11) is 0. The summed E-state index contributed by atoms with van der Waals surface area (Å²) >= 11 is 11.1. The van der Waals surface area contributed by atoms with E-state index in [9.17, 15) is 0 Å². The smallest absolute Gasteiger partial charge is 0.221 e. The molecule has 0 radical (unpaired) electrons. The van der Waals surface area contributed by atoms with Gasteiger partial charge in [-0.05, 0) is 0 Å². The molecule has 0 aromatic rings. The van der Waals surface area contributed by atoms with Crippen molar-refractivity contribution in [3.63, 3.8) is 0 Å². The van der Waals surface area contributed by atoms with Crippen molar-refractivity contribution in [3.8, 4) is 0 Å². The van der Waals surface area contributed by atoms with Crippen molar-refractivity contribution >= 4 is 23.2 Å². The zero-order chi connectivity index (χ0) is 6.04. The first kappa shape index (κ1) is 6.62. The van der Waals surface area contributed by atoms with Gasteiger partial charge in [-0.15, -0.1) is 0 Å². The first-order valence-corrected chi connectivity index (χ1v) is 3.06. The molecule has 2 nitrogen and oxygen atoms in total. The third-order valence-corrected chi connectivity index (χ3v) is 1.49. The van der Waals surface area contributed by atoms with Crippen LogP contribution in [0.4, 0.5) is 0 Å². The molecule has 1 heterocycles. The molecule has 4 heteroatoms. The highest BCUT2D eigenvalue weighted by atomic mass is 35.5. The van der Waals surface area contributed by atoms with Crippen LogP contribution in [0.15, 0.2) is 0 Å². The molecule has 0 aromatic carbocycles. The Labute approximate surface area is 57.7 Å². The van der Waals surface area contributed by atoms with Crippen molar-refractivity contribution in [3.05, 3.63) is 0 Å². The van der Waals surface area contributed by atoms with Crippen LogP contribution >= 0.6 is 23.2 Å². The molecule has 0 aromatic heterocycles. The lowest BCUT2D eigenvalue weighted by Crippen LogP contribution is -2.27. The molecule has 0 saturated carbocycles. The molecular formula is C4H6Cl2O2. The highest BCUT2D eigenvalue weighted by molar-refractivity contribution is 6.47. The molecular weight excluding hydrogens is 151 g/mol. The second kappa shape index (κ2) is 2.40. The van der Waals surface area contributed by atoms with E-state index in [0.717, 1.165) is 0 Å². The van der Waals surface area contributed by atoms with Gasteiger partial charge in [0, 0.05) is 6.42 Å². The number of halogens is 2. The average molecular weight is 157 g/mol. The lowest BCUT2D eigenvalue weighted by molar-refractivity contribution is -0.127. The Morgan fingerprint density at radius 1 is 1.38 bits per heavy atom. The summed E-state index contributed by atoms with van der Waals surface area (Å²) in [6.07, 6.45) is 0.538. The van der Waals surface area contributed by atoms with Crippen LogP contribution in [0.3, 0.4) is 0 Å². The maximum Gasteiger partial charge on any atom is 0.221 e. The summed E-state index contributed by atoms with van der Waals surface area (Å²) in [5.74, 6) is 0. The molecule has 0 aliphatic carbocycles. The highest BCUT2D eigenvalue weighted by Gasteiger charge is 2.27. The lowest BCUT2D eigenvalue weighted by Gasteiger charge is -2.24. The van der Waals surface area contributed by atoms with E-state index in [1.54, 1.807) is 0 Å². The number of rotatable bonds is 0. The van der Waals surface area contributed by atoms with Crippen LogP contribution in [-0.2, 0) is 9.47 Å². The molecule has 1 rings (SSSR count). The second-order valence-electron chi connectivity index (χ2n) is 1.56. The Kier molecular flexibility index (Phi) is 1.98. The van der Waals surface area contributed by atoms with E-state index in [4.69, 9.17) is 32.7 Å². The van der Waals surface area contributed by atoms with Crippen LogP contribution in [0, 0.1) is 0 Å². The summed E-state index contributed by atoms with van der Waals surface area (Å²) in [4.78, 5) is 0. The summed E-state index contributed by atoms with van der Waals surface area (Å²) in [5, 5.41) is 0. The van der Waals surface area contributed by atoms with Crippen molar-refractivity contribution in [2.24, 2.45) is 0 Å². The number of alkyl halides is 2. The van der Waals surface area contributed by atoms with Crippen LogP contribution in [-0.4, -0.2) is 17.9 Å². The molecule has 1 saturated heterocycles. The Morgan fingerprint density at radius 3 is 2.38 bits per heavy atom. The predicted octanol–water partition coefficient (Wildman–Crippen LogP) is 1.51. The molecule has 0 N–H and O–H groups in total. The van der Waals surface area contributed by atoms with Crippen LogP contribution in [0.25, 0.3) is 0 Å². The minimum Gasteiger partial charge on any atom is -0.355 e. The van der Waals surface area contributed by atoms with Gasteiger partial charge in [0.15, 0.2) is 0 Å². The third-order valence-electron chi connectivity index (χ3n) is 0.891. The molecule has 0 amide bonds. The molecule has 1 aliphatic heterocycles. The van der Waals surface area contributed by atoms with E-state index < -0.39 is 4.52 Å². The van der Waals surface area contributed by atoms with Gasteiger partial charge in [0.25, 0.3) is 0 Å². The largest absolute Gasteiger partial charge is 0.355 e. The van der Waals surface area contributed by atoms with Crippen LogP contribution in [0.1, 0.15) is 6.42 Å². The van der Waals surface area contributed by atoms with E-state index in [1.807, 2.05) is 0 Å². The van der Waals surface area contributed by atoms with Gasteiger partial charge in [-0.2, -0.15) is 0 Å². The average Bonchev–Trinajstić information content (AvgIpc) is 1.65. The third kappa shape index (κ3) is 1.78. The van der Waals surface area contributed by atoms with Crippen molar-refractivity contribution < 1.29 is 9.47 Å². The minimum absolute atomic E-state index is 0.201.